The Morgan fingerprint density at radius 3 is 2.34 bits per heavy atom. The van der Waals surface area contributed by atoms with E-state index in [0.717, 1.165) is 6.42 Å². The molecule has 8 heteroatoms. The first kappa shape index (κ1) is 22.2. The average Bonchev–Trinajstić information content (AvgIpc) is 2.86. The summed E-state index contributed by atoms with van der Waals surface area (Å²) < 4.78 is 0. The molecule has 2 aliphatic heterocycles. The van der Waals surface area contributed by atoms with Gasteiger partial charge in [-0.2, -0.15) is 0 Å². The van der Waals surface area contributed by atoms with E-state index in [-0.39, 0.29) is 17.7 Å². The Morgan fingerprint density at radius 1 is 1.14 bits per heavy atom. The summed E-state index contributed by atoms with van der Waals surface area (Å²) in [5.74, 6) is 0.511. The summed E-state index contributed by atoms with van der Waals surface area (Å²) in [7, 11) is 0. The molecule has 0 saturated carbocycles. The quantitative estimate of drug-likeness (QED) is 0.665. The predicted octanol–water partition coefficient (Wildman–Crippen LogP) is 4.36. The van der Waals surface area contributed by atoms with Crippen LogP contribution >= 0.6 is 23.2 Å². The summed E-state index contributed by atoms with van der Waals surface area (Å²) in [5, 5.41) is 10.9. The lowest BCUT2D eigenvalue weighted by Gasteiger charge is -2.42. The van der Waals surface area contributed by atoms with Crippen molar-refractivity contribution >= 4 is 35.1 Å². The fourth-order valence-corrected chi connectivity index (χ4v) is 4.61. The molecule has 160 valence electrons. The highest BCUT2D eigenvalue weighted by Gasteiger charge is 2.57. The Balaban J connectivity index is 1.74. The molecule has 1 N–H and O–H groups in total. The number of phenols is 1. The van der Waals surface area contributed by atoms with Crippen molar-refractivity contribution in [2.24, 2.45) is 5.92 Å². The zero-order valence-electron chi connectivity index (χ0n) is 17.3. The van der Waals surface area contributed by atoms with Crippen molar-refractivity contribution in [1.29, 1.82) is 0 Å². The van der Waals surface area contributed by atoms with Gasteiger partial charge in [-0.3, -0.25) is 14.6 Å². The highest BCUT2D eigenvalue weighted by molar-refractivity contribution is 6.42. The molecular weight excluding hydrogens is 413 g/mol. The van der Waals surface area contributed by atoms with Crippen LogP contribution in [0.1, 0.15) is 45.6 Å². The van der Waals surface area contributed by atoms with Gasteiger partial charge in [-0.05, 0) is 38.2 Å². The molecule has 0 atom stereocenters. The number of hydrogen-bond acceptors (Lipinski definition) is 4. The molecular formula is C21H29Cl2N3O3. The lowest BCUT2D eigenvalue weighted by atomic mass is 9.85. The molecule has 3 amide bonds. The Kier molecular flexibility index (Phi) is 6.66. The molecule has 0 unspecified atom stereocenters. The third-order valence-corrected chi connectivity index (χ3v) is 6.79. The van der Waals surface area contributed by atoms with E-state index in [9.17, 15) is 14.7 Å². The number of amides is 3. The molecule has 3 rings (SSSR count). The number of carbonyl (C=O) groups is 2. The van der Waals surface area contributed by atoms with E-state index < -0.39 is 5.54 Å². The summed E-state index contributed by atoms with van der Waals surface area (Å²) in [6.07, 6.45) is 2.06. The van der Waals surface area contributed by atoms with Gasteiger partial charge in [0.2, 0.25) is 0 Å². The Bertz CT molecular complexity index is 792. The van der Waals surface area contributed by atoms with Gasteiger partial charge in [-0.25, -0.2) is 4.79 Å². The van der Waals surface area contributed by atoms with Crippen LogP contribution in [-0.4, -0.2) is 63.5 Å². The van der Waals surface area contributed by atoms with Gasteiger partial charge >= 0.3 is 6.03 Å². The molecule has 2 heterocycles. The Morgan fingerprint density at radius 2 is 1.76 bits per heavy atom. The van der Waals surface area contributed by atoms with Crippen molar-refractivity contribution in [3.8, 4) is 5.75 Å². The van der Waals surface area contributed by atoms with Crippen LogP contribution in [0.5, 0.6) is 5.75 Å². The number of urea groups is 1. The van der Waals surface area contributed by atoms with E-state index >= 15 is 0 Å². The van der Waals surface area contributed by atoms with E-state index in [1.54, 1.807) is 6.07 Å². The highest BCUT2D eigenvalue weighted by Crippen LogP contribution is 2.38. The zero-order chi connectivity index (χ0) is 21.3. The number of piperidine rings is 1. The molecule has 6 nitrogen and oxygen atoms in total. The third-order valence-electron chi connectivity index (χ3n) is 6.07. The highest BCUT2D eigenvalue weighted by atomic mass is 35.5. The second-order valence-corrected chi connectivity index (χ2v) is 9.18. The number of imide groups is 1. The molecule has 0 aliphatic carbocycles. The fraction of sp³-hybridized carbons (Fsp3) is 0.619. The molecule has 1 spiro atoms. The average molecular weight is 442 g/mol. The topological polar surface area (TPSA) is 64.1 Å². The third kappa shape index (κ3) is 4.21. The number of phenolic OH excluding ortho intramolecular Hbond substituents is 1. The van der Waals surface area contributed by atoms with Gasteiger partial charge in [0, 0.05) is 44.4 Å². The SMILES string of the molecule is CCN1C(=O)N(CCC(C)C)C2(CCN(Cc3cc(Cl)c(Cl)cc3O)CC2)C1=O. The second-order valence-electron chi connectivity index (χ2n) is 8.37. The van der Waals surface area contributed by atoms with Gasteiger partial charge in [0.25, 0.3) is 5.91 Å². The van der Waals surface area contributed by atoms with Crippen LogP contribution in [0.2, 0.25) is 10.0 Å². The number of benzene rings is 1. The van der Waals surface area contributed by atoms with E-state index in [1.807, 2.05) is 11.8 Å². The number of aromatic hydroxyl groups is 1. The molecule has 2 aliphatic rings. The molecule has 29 heavy (non-hydrogen) atoms. The summed E-state index contributed by atoms with van der Waals surface area (Å²) in [6, 6.07) is 2.98. The normalized spacial score (nSPS) is 19.8. The number of rotatable bonds is 6. The number of halogens is 2. The smallest absolute Gasteiger partial charge is 0.327 e. The molecule has 0 bridgehead atoms. The van der Waals surface area contributed by atoms with Crippen molar-refractivity contribution in [3.63, 3.8) is 0 Å². The van der Waals surface area contributed by atoms with Crippen molar-refractivity contribution in [3.05, 3.63) is 27.7 Å². The van der Waals surface area contributed by atoms with Gasteiger partial charge in [0.15, 0.2) is 0 Å². The molecule has 1 aromatic rings. The van der Waals surface area contributed by atoms with Crippen LogP contribution < -0.4 is 0 Å². The number of hydrogen-bond donors (Lipinski definition) is 1. The largest absolute Gasteiger partial charge is 0.508 e. The van der Waals surface area contributed by atoms with Crippen LogP contribution in [0.3, 0.4) is 0 Å². The van der Waals surface area contributed by atoms with E-state index in [4.69, 9.17) is 23.2 Å². The van der Waals surface area contributed by atoms with Gasteiger partial charge in [-0.1, -0.05) is 37.0 Å². The summed E-state index contributed by atoms with van der Waals surface area (Å²) in [5.41, 5.74) is -0.0333. The standard InChI is InChI=1S/C21H29Cl2N3O3/c1-4-25-19(28)21(26(20(25)29)8-5-14(2)3)6-9-24(10-7-21)13-15-11-16(22)17(23)12-18(15)27/h11-12,14,27H,4-10,13H2,1-3H3. The van der Waals surface area contributed by atoms with Crippen molar-refractivity contribution in [1.82, 2.24) is 14.7 Å². The van der Waals surface area contributed by atoms with Gasteiger partial charge in [-0.15, -0.1) is 0 Å². The maximum absolute atomic E-state index is 13.2. The monoisotopic (exact) mass is 441 g/mol. The maximum atomic E-state index is 13.2. The zero-order valence-corrected chi connectivity index (χ0v) is 18.8. The maximum Gasteiger partial charge on any atom is 0.327 e. The van der Waals surface area contributed by atoms with Crippen molar-refractivity contribution in [2.45, 2.75) is 52.1 Å². The number of likely N-dealkylation sites (N-methyl/N-ethyl adjacent to an activating group) is 1. The number of nitrogens with zero attached hydrogens (tertiary/aromatic N) is 3. The van der Waals surface area contributed by atoms with Crippen LogP contribution in [0.15, 0.2) is 12.1 Å². The van der Waals surface area contributed by atoms with Crippen molar-refractivity contribution in [2.75, 3.05) is 26.2 Å². The lowest BCUT2D eigenvalue weighted by Crippen LogP contribution is -2.56. The van der Waals surface area contributed by atoms with E-state index in [1.165, 1.54) is 11.0 Å². The summed E-state index contributed by atoms with van der Waals surface area (Å²) in [4.78, 5) is 31.4. The van der Waals surface area contributed by atoms with Gasteiger partial charge < -0.3 is 10.0 Å². The molecule has 2 saturated heterocycles. The summed E-state index contributed by atoms with van der Waals surface area (Å²) in [6.45, 7) is 8.94. The minimum atomic E-state index is -0.738. The molecule has 0 aromatic heterocycles. The molecule has 1 aromatic carbocycles. The van der Waals surface area contributed by atoms with Crippen LogP contribution in [0.4, 0.5) is 4.79 Å². The second kappa shape index (κ2) is 8.70. The van der Waals surface area contributed by atoms with E-state index in [2.05, 4.69) is 18.7 Å². The molecule has 2 fully saturated rings. The van der Waals surface area contributed by atoms with Crippen LogP contribution in [0, 0.1) is 5.92 Å². The van der Waals surface area contributed by atoms with E-state index in [0.29, 0.717) is 67.1 Å². The first-order chi connectivity index (χ1) is 13.7. The minimum absolute atomic E-state index is 0.0641. The fourth-order valence-electron chi connectivity index (χ4n) is 4.27. The Labute approximate surface area is 182 Å². The predicted molar refractivity (Wildman–Crippen MR) is 114 cm³/mol. The number of carbonyl (C=O) groups excluding carboxylic acids is 2. The number of likely N-dealkylation sites (tertiary alicyclic amines) is 1. The minimum Gasteiger partial charge on any atom is -0.508 e. The van der Waals surface area contributed by atoms with Gasteiger partial charge in [0.05, 0.1) is 10.0 Å². The van der Waals surface area contributed by atoms with Crippen molar-refractivity contribution < 1.29 is 14.7 Å². The molecule has 0 radical (unpaired) electrons. The first-order valence-electron chi connectivity index (χ1n) is 10.2. The first-order valence-corrected chi connectivity index (χ1v) is 11.0. The Hall–Kier alpha value is -1.50. The van der Waals surface area contributed by atoms with Crippen LogP contribution in [0.25, 0.3) is 0 Å². The lowest BCUT2D eigenvalue weighted by molar-refractivity contribution is -0.135. The van der Waals surface area contributed by atoms with Gasteiger partial charge in [0.1, 0.15) is 11.3 Å². The summed E-state index contributed by atoms with van der Waals surface area (Å²) >= 11 is 12.0. The van der Waals surface area contributed by atoms with Crippen LogP contribution in [-0.2, 0) is 11.3 Å².